The van der Waals surface area contributed by atoms with Gasteiger partial charge >= 0.3 is 0 Å². The molecule has 2 aromatic rings. The molecule has 0 bridgehead atoms. The molecule has 1 atom stereocenters. The Kier molecular flexibility index (Phi) is 7.42. The van der Waals surface area contributed by atoms with Gasteiger partial charge in [0.15, 0.2) is 0 Å². The summed E-state index contributed by atoms with van der Waals surface area (Å²) < 4.78 is 30.0. The highest BCUT2D eigenvalue weighted by atomic mass is 35.5. The Bertz CT molecular complexity index is 1050. The van der Waals surface area contributed by atoms with Crippen LogP contribution in [0.1, 0.15) is 59.8 Å². The van der Waals surface area contributed by atoms with Crippen molar-refractivity contribution in [1.82, 2.24) is 5.32 Å². The van der Waals surface area contributed by atoms with Crippen molar-refractivity contribution < 1.29 is 17.9 Å². The zero-order chi connectivity index (χ0) is 22.8. The Hall–Kier alpha value is -2.25. The number of hydrogen-bond donors (Lipinski definition) is 1. The van der Waals surface area contributed by atoms with E-state index in [0.717, 1.165) is 33.0 Å². The van der Waals surface area contributed by atoms with Crippen molar-refractivity contribution in [3.63, 3.8) is 0 Å². The third-order valence-corrected chi connectivity index (χ3v) is 6.63. The molecular weight excluding hydrogens is 424 g/mol. The van der Waals surface area contributed by atoms with Gasteiger partial charge in [-0.1, -0.05) is 25.4 Å². The maximum absolute atomic E-state index is 12.8. The van der Waals surface area contributed by atoms with Gasteiger partial charge in [-0.05, 0) is 66.8 Å². The Labute approximate surface area is 184 Å². The van der Waals surface area contributed by atoms with Crippen LogP contribution in [0.5, 0.6) is 5.75 Å². The highest BCUT2D eigenvalue weighted by Crippen LogP contribution is 2.32. The van der Waals surface area contributed by atoms with Gasteiger partial charge in [0, 0.05) is 7.05 Å². The first-order chi connectivity index (χ1) is 13.9. The molecule has 0 aromatic heterocycles. The van der Waals surface area contributed by atoms with Gasteiger partial charge in [0.05, 0.1) is 35.7 Å². The quantitative estimate of drug-likeness (QED) is 0.662. The largest absolute Gasteiger partial charge is 0.496 e. The average Bonchev–Trinajstić information content (AvgIpc) is 2.65. The SMILES string of the molecule is COc1cc(C)c([C@H](C)NC(=O)c2ccc(N(C)S(C)(=O)=O)cc2Cl)cc1C(C)C. The Morgan fingerprint density at radius 1 is 1.13 bits per heavy atom. The third-order valence-electron chi connectivity index (χ3n) is 5.11. The van der Waals surface area contributed by atoms with E-state index in [1.807, 2.05) is 19.9 Å². The lowest BCUT2D eigenvalue weighted by Gasteiger charge is -2.22. The molecule has 1 amide bonds. The van der Waals surface area contributed by atoms with Gasteiger partial charge in [-0.3, -0.25) is 9.10 Å². The highest BCUT2D eigenvalue weighted by molar-refractivity contribution is 7.92. The van der Waals surface area contributed by atoms with Gasteiger partial charge in [0.1, 0.15) is 5.75 Å². The summed E-state index contributed by atoms with van der Waals surface area (Å²) >= 11 is 6.29. The second-order valence-electron chi connectivity index (χ2n) is 7.70. The van der Waals surface area contributed by atoms with E-state index >= 15 is 0 Å². The van der Waals surface area contributed by atoms with Crippen molar-refractivity contribution in [3.05, 3.63) is 57.6 Å². The summed E-state index contributed by atoms with van der Waals surface area (Å²) in [6, 6.07) is 8.35. The molecule has 6 nitrogen and oxygen atoms in total. The summed E-state index contributed by atoms with van der Waals surface area (Å²) in [5.74, 6) is 0.775. The van der Waals surface area contributed by atoms with E-state index in [4.69, 9.17) is 16.3 Å². The molecule has 0 aliphatic rings. The maximum atomic E-state index is 12.8. The molecule has 0 saturated carbocycles. The number of benzene rings is 2. The lowest BCUT2D eigenvalue weighted by Crippen LogP contribution is -2.28. The molecule has 0 spiro atoms. The number of rotatable bonds is 7. The van der Waals surface area contributed by atoms with E-state index in [9.17, 15) is 13.2 Å². The molecule has 0 aliphatic heterocycles. The van der Waals surface area contributed by atoms with Crippen molar-refractivity contribution in [1.29, 1.82) is 0 Å². The molecule has 2 aromatic carbocycles. The van der Waals surface area contributed by atoms with Gasteiger partial charge in [-0.15, -0.1) is 0 Å². The van der Waals surface area contributed by atoms with Crippen LogP contribution in [-0.2, 0) is 10.0 Å². The first-order valence-electron chi connectivity index (χ1n) is 9.59. The van der Waals surface area contributed by atoms with Crippen molar-refractivity contribution in [3.8, 4) is 5.75 Å². The van der Waals surface area contributed by atoms with E-state index in [1.165, 1.54) is 19.2 Å². The highest BCUT2D eigenvalue weighted by Gasteiger charge is 2.20. The number of nitrogens with one attached hydrogen (secondary N) is 1. The van der Waals surface area contributed by atoms with Crippen LogP contribution in [0.3, 0.4) is 0 Å². The fraction of sp³-hybridized carbons (Fsp3) is 0.409. The second kappa shape index (κ2) is 9.27. The number of nitrogens with zero attached hydrogens (tertiary/aromatic N) is 1. The molecule has 1 N–H and O–H groups in total. The van der Waals surface area contributed by atoms with Crippen LogP contribution in [-0.4, -0.2) is 34.7 Å². The van der Waals surface area contributed by atoms with Crippen molar-refractivity contribution >= 4 is 33.2 Å². The average molecular weight is 453 g/mol. The summed E-state index contributed by atoms with van der Waals surface area (Å²) in [6.45, 7) is 8.08. The van der Waals surface area contributed by atoms with Crippen LogP contribution >= 0.6 is 11.6 Å². The fourth-order valence-electron chi connectivity index (χ4n) is 3.24. The van der Waals surface area contributed by atoms with E-state index in [0.29, 0.717) is 5.69 Å². The second-order valence-corrected chi connectivity index (χ2v) is 10.1. The zero-order valence-corrected chi connectivity index (χ0v) is 20.0. The maximum Gasteiger partial charge on any atom is 0.253 e. The van der Waals surface area contributed by atoms with Gasteiger partial charge in [-0.25, -0.2) is 8.42 Å². The number of amides is 1. The normalized spacial score (nSPS) is 12.6. The predicted octanol–water partition coefficient (Wildman–Crippen LogP) is 4.67. The minimum atomic E-state index is -3.42. The summed E-state index contributed by atoms with van der Waals surface area (Å²) in [5.41, 5.74) is 3.76. The van der Waals surface area contributed by atoms with Crippen molar-refractivity contribution in [2.75, 3.05) is 24.7 Å². The fourth-order valence-corrected chi connectivity index (χ4v) is 4.00. The number of hydrogen-bond acceptors (Lipinski definition) is 4. The summed E-state index contributed by atoms with van der Waals surface area (Å²) in [4.78, 5) is 12.8. The molecule has 0 heterocycles. The Morgan fingerprint density at radius 3 is 2.27 bits per heavy atom. The first kappa shape index (κ1) is 24.0. The summed E-state index contributed by atoms with van der Waals surface area (Å²) in [7, 11) is -0.335. The molecule has 164 valence electrons. The number of aryl methyl sites for hydroxylation is 1. The number of halogens is 1. The predicted molar refractivity (Wildman–Crippen MR) is 122 cm³/mol. The van der Waals surface area contributed by atoms with Gasteiger partial charge in [0.2, 0.25) is 10.0 Å². The third kappa shape index (κ3) is 5.26. The molecule has 8 heteroatoms. The monoisotopic (exact) mass is 452 g/mol. The first-order valence-corrected chi connectivity index (χ1v) is 11.8. The zero-order valence-electron chi connectivity index (χ0n) is 18.4. The molecule has 0 fully saturated rings. The number of carbonyl (C=O) groups excluding carboxylic acids is 1. The van der Waals surface area contributed by atoms with Crippen LogP contribution in [0, 0.1) is 6.92 Å². The molecule has 2 rings (SSSR count). The summed E-state index contributed by atoms with van der Waals surface area (Å²) in [6.07, 6.45) is 1.10. The molecule has 30 heavy (non-hydrogen) atoms. The van der Waals surface area contributed by atoms with Gasteiger partial charge in [0.25, 0.3) is 5.91 Å². The Morgan fingerprint density at radius 2 is 1.77 bits per heavy atom. The van der Waals surface area contributed by atoms with Crippen LogP contribution in [0.15, 0.2) is 30.3 Å². The molecular formula is C22H29ClN2O4S. The topological polar surface area (TPSA) is 75.7 Å². The standard InChI is InChI=1S/C22H29ClN2O4S/c1-13(2)18-12-19(14(3)10-21(18)29-6)15(4)24-22(26)17-9-8-16(11-20(17)23)25(5)30(7,27)28/h8-13,15H,1-7H3,(H,24,26)/t15-/m0/s1. The molecule has 0 radical (unpaired) electrons. The lowest BCUT2D eigenvalue weighted by atomic mass is 9.93. The smallest absolute Gasteiger partial charge is 0.253 e. The Balaban J connectivity index is 2.29. The minimum absolute atomic E-state index is 0.182. The molecule has 0 unspecified atom stereocenters. The minimum Gasteiger partial charge on any atom is -0.496 e. The van der Waals surface area contributed by atoms with Crippen molar-refractivity contribution in [2.24, 2.45) is 0 Å². The number of carbonyl (C=O) groups is 1. The lowest BCUT2D eigenvalue weighted by molar-refractivity contribution is 0.0940. The number of methoxy groups -OCH3 is 1. The van der Waals surface area contributed by atoms with E-state index in [-0.39, 0.29) is 28.5 Å². The summed E-state index contributed by atoms with van der Waals surface area (Å²) in [5, 5.41) is 3.16. The number of anilines is 1. The number of sulfonamides is 1. The number of ether oxygens (including phenoxy) is 1. The van der Waals surface area contributed by atoms with Crippen LogP contribution in [0.2, 0.25) is 5.02 Å². The van der Waals surface area contributed by atoms with Gasteiger partial charge in [-0.2, -0.15) is 0 Å². The molecule has 0 aliphatic carbocycles. The van der Waals surface area contributed by atoms with Gasteiger partial charge < -0.3 is 10.1 Å². The van der Waals surface area contributed by atoms with Crippen LogP contribution in [0.25, 0.3) is 0 Å². The molecule has 0 saturated heterocycles. The van der Waals surface area contributed by atoms with E-state index < -0.39 is 10.0 Å². The van der Waals surface area contributed by atoms with Crippen LogP contribution in [0.4, 0.5) is 5.69 Å². The van der Waals surface area contributed by atoms with Crippen molar-refractivity contribution in [2.45, 2.75) is 39.7 Å². The van der Waals surface area contributed by atoms with Crippen LogP contribution < -0.4 is 14.4 Å². The van der Waals surface area contributed by atoms with E-state index in [2.05, 4.69) is 25.2 Å². The van der Waals surface area contributed by atoms with E-state index in [1.54, 1.807) is 13.2 Å².